The van der Waals surface area contributed by atoms with Gasteiger partial charge < -0.3 is 10.4 Å². The van der Waals surface area contributed by atoms with Crippen molar-refractivity contribution >= 4 is 5.97 Å². The fourth-order valence-electron chi connectivity index (χ4n) is 3.03. The van der Waals surface area contributed by atoms with Crippen molar-refractivity contribution in [3.8, 4) is 0 Å². The summed E-state index contributed by atoms with van der Waals surface area (Å²) < 4.78 is 0. The molecule has 2 N–H and O–H groups in total. The molecule has 0 aliphatic carbocycles. The molecule has 3 atom stereocenters. The van der Waals surface area contributed by atoms with Crippen LogP contribution in [0.4, 0.5) is 0 Å². The lowest BCUT2D eigenvalue weighted by molar-refractivity contribution is -0.140. The van der Waals surface area contributed by atoms with Crippen molar-refractivity contribution in [1.82, 2.24) is 15.1 Å². The van der Waals surface area contributed by atoms with E-state index in [1.165, 1.54) is 19.4 Å². The molecule has 2 fully saturated rings. The van der Waals surface area contributed by atoms with Gasteiger partial charge in [-0.25, -0.2) is 0 Å². The molecule has 2 rings (SSSR count). The molecule has 3 unspecified atom stereocenters. The number of fused-ring (bicyclic) bond motifs is 1. The molecule has 17 heavy (non-hydrogen) atoms. The van der Waals surface area contributed by atoms with E-state index in [0.717, 1.165) is 13.1 Å². The summed E-state index contributed by atoms with van der Waals surface area (Å²) in [5.74, 6) is -0.756. The van der Waals surface area contributed by atoms with Gasteiger partial charge in [0.25, 0.3) is 0 Å². The number of rotatable bonds is 4. The van der Waals surface area contributed by atoms with Crippen LogP contribution in [0.15, 0.2) is 0 Å². The Hall–Kier alpha value is -0.650. The van der Waals surface area contributed by atoms with Crippen molar-refractivity contribution in [2.75, 3.05) is 33.2 Å². The fourth-order valence-corrected chi connectivity index (χ4v) is 3.03. The maximum Gasteiger partial charge on any atom is 0.322 e. The molecule has 5 heteroatoms. The molecule has 0 radical (unpaired) electrons. The van der Waals surface area contributed by atoms with Crippen LogP contribution in [0, 0.1) is 0 Å². The number of carboxylic acids is 1. The summed E-state index contributed by atoms with van der Waals surface area (Å²) >= 11 is 0. The summed E-state index contributed by atoms with van der Waals surface area (Å²) in [6.07, 6.45) is 2.56. The monoisotopic (exact) mass is 241 g/mol. The van der Waals surface area contributed by atoms with Crippen molar-refractivity contribution < 1.29 is 9.90 Å². The highest BCUT2D eigenvalue weighted by atomic mass is 16.4. The van der Waals surface area contributed by atoms with E-state index in [2.05, 4.69) is 22.0 Å². The third-order valence-corrected chi connectivity index (χ3v) is 4.13. The molecule has 0 amide bonds. The number of nitrogens with zero attached hydrogens (tertiary/aromatic N) is 2. The first-order valence-electron chi connectivity index (χ1n) is 6.50. The van der Waals surface area contributed by atoms with Gasteiger partial charge in [-0.05, 0) is 33.4 Å². The minimum Gasteiger partial charge on any atom is -0.480 e. The Balaban J connectivity index is 1.93. The van der Waals surface area contributed by atoms with Gasteiger partial charge in [0.1, 0.15) is 6.04 Å². The number of carboxylic acid groups (broad SMARTS) is 1. The lowest BCUT2D eigenvalue weighted by Gasteiger charge is -2.43. The van der Waals surface area contributed by atoms with Crippen molar-refractivity contribution in [1.29, 1.82) is 0 Å². The van der Waals surface area contributed by atoms with Gasteiger partial charge >= 0.3 is 5.97 Å². The van der Waals surface area contributed by atoms with Crippen LogP contribution in [-0.2, 0) is 4.79 Å². The predicted molar refractivity (Wildman–Crippen MR) is 66.1 cm³/mol. The Kier molecular flexibility index (Phi) is 4.01. The van der Waals surface area contributed by atoms with E-state index in [1.807, 2.05) is 0 Å². The van der Waals surface area contributed by atoms with Crippen LogP contribution in [-0.4, -0.2) is 72.2 Å². The smallest absolute Gasteiger partial charge is 0.322 e. The molecule has 2 heterocycles. The Bertz CT molecular complexity index is 285. The van der Waals surface area contributed by atoms with Crippen LogP contribution in [0.3, 0.4) is 0 Å². The van der Waals surface area contributed by atoms with Crippen LogP contribution in [0.1, 0.15) is 19.8 Å². The average molecular weight is 241 g/mol. The molecule has 98 valence electrons. The highest BCUT2D eigenvalue weighted by Crippen LogP contribution is 2.24. The van der Waals surface area contributed by atoms with Crippen molar-refractivity contribution in [2.24, 2.45) is 0 Å². The minimum atomic E-state index is -0.756. The molecule has 2 saturated heterocycles. The molecular weight excluding hydrogens is 218 g/mol. The molecule has 0 saturated carbocycles. The number of carbonyl (C=O) groups is 1. The number of likely N-dealkylation sites (N-methyl/N-ethyl adjacent to an activating group) is 1. The molecule has 0 aromatic rings. The number of hydrogen-bond donors (Lipinski definition) is 2. The molecule has 0 bridgehead atoms. The Morgan fingerprint density at radius 1 is 1.53 bits per heavy atom. The van der Waals surface area contributed by atoms with Gasteiger partial charge in [0, 0.05) is 31.7 Å². The van der Waals surface area contributed by atoms with Gasteiger partial charge in [0.2, 0.25) is 0 Å². The predicted octanol–water partition coefficient (Wildman–Crippen LogP) is -0.172. The zero-order valence-corrected chi connectivity index (χ0v) is 10.7. The Labute approximate surface area is 103 Å². The van der Waals surface area contributed by atoms with E-state index in [0.29, 0.717) is 18.6 Å². The van der Waals surface area contributed by atoms with Crippen LogP contribution >= 0.6 is 0 Å². The van der Waals surface area contributed by atoms with Gasteiger partial charge in [-0.3, -0.25) is 14.6 Å². The molecule has 2 aliphatic heterocycles. The normalized spacial score (nSPS) is 32.4. The number of aliphatic carboxylic acids is 1. The van der Waals surface area contributed by atoms with E-state index in [9.17, 15) is 4.79 Å². The number of nitrogens with one attached hydrogen (secondary N) is 1. The molecule has 0 spiro atoms. The minimum absolute atomic E-state index is 0.453. The zero-order valence-electron chi connectivity index (χ0n) is 10.7. The van der Waals surface area contributed by atoms with E-state index in [4.69, 9.17) is 5.11 Å². The summed E-state index contributed by atoms with van der Waals surface area (Å²) in [4.78, 5) is 15.9. The van der Waals surface area contributed by atoms with Crippen LogP contribution in [0.2, 0.25) is 0 Å². The van der Waals surface area contributed by atoms with E-state index in [-0.39, 0.29) is 0 Å². The van der Waals surface area contributed by atoms with E-state index in [1.54, 1.807) is 7.05 Å². The summed E-state index contributed by atoms with van der Waals surface area (Å²) in [5.41, 5.74) is 0. The second-order valence-electron chi connectivity index (χ2n) is 5.27. The van der Waals surface area contributed by atoms with Crippen LogP contribution < -0.4 is 5.32 Å². The van der Waals surface area contributed by atoms with E-state index < -0.39 is 12.0 Å². The number of hydrogen-bond acceptors (Lipinski definition) is 4. The lowest BCUT2D eigenvalue weighted by atomic mass is 10.1. The fraction of sp³-hybridized carbons (Fsp3) is 0.917. The second-order valence-corrected chi connectivity index (χ2v) is 5.27. The second kappa shape index (κ2) is 5.33. The quantitative estimate of drug-likeness (QED) is 0.715. The Morgan fingerprint density at radius 3 is 2.94 bits per heavy atom. The average Bonchev–Trinajstić information content (AvgIpc) is 2.72. The summed E-state index contributed by atoms with van der Waals surface area (Å²) in [5, 5.41) is 12.0. The highest BCUT2D eigenvalue weighted by Gasteiger charge is 2.35. The lowest BCUT2D eigenvalue weighted by Crippen LogP contribution is -2.58. The largest absolute Gasteiger partial charge is 0.480 e. The summed E-state index contributed by atoms with van der Waals surface area (Å²) in [7, 11) is 1.72. The van der Waals surface area contributed by atoms with Gasteiger partial charge in [-0.1, -0.05) is 0 Å². The first kappa shape index (κ1) is 12.8. The first-order valence-corrected chi connectivity index (χ1v) is 6.50. The maximum absolute atomic E-state index is 11.0. The highest BCUT2D eigenvalue weighted by molar-refractivity contribution is 5.73. The molecule has 2 aliphatic rings. The van der Waals surface area contributed by atoms with Crippen molar-refractivity contribution in [2.45, 2.75) is 37.9 Å². The van der Waals surface area contributed by atoms with Gasteiger partial charge in [0.15, 0.2) is 0 Å². The van der Waals surface area contributed by atoms with Gasteiger partial charge in [0.05, 0.1) is 0 Å². The standard InChI is InChI=1S/C12H23N3O2/c1-9-6-14-5-3-4-10(14)7-15(9)8-11(13-2)12(16)17/h9-11,13H,3-8H2,1-2H3,(H,16,17). The number of piperazine rings is 1. The van der Waals surface area contributed by atoms with Gasteiger partial charge in [-0.2, -0.15) is 0 Å². The molecule has 0 aromatic carbocycles. The molecule has 5 nitrogen and oxygen atoms in total. The third kappa shape index (κ3) is 2.78. The van der Waals surface area contributed by atoms with E-state index >= 15 is 0 Å². The molecule has 0 aromatic heterocycles. The van der Waals surface area contributed by atoms with Crippen molar-refractivity contribution in [3.05, 3.63) is 0 Å². The molecular formula is C12H23N3O2. The van der Waals surface area contributed by atoms with Gasteiger partial charge in [-0.15, -0.1) is 0 Å². The summed E-state index contributed by atoms with van der Waals surface area (Å²) in [6.45, 7) is 6.13. The van der Waals surface area contributed by atoms with Crippen LogP contribution in [0.5, 0.6) is 0 Å². The Morgan fingerprint density at radius 2 is 2.29 bits per heavy atom. The SMILES string of the molecule is CNC(CN1CC2CCCN2CC1C)C(=O)O. The summed E-state index contributed by atoms with van der Waals surface area (Å²) in [6, 6.07) is 0.655. The van der Waals surface area contributed by atoms with Crippen molar-refractivity contribution in [3.63, 3.8) is 0 Å². The third-order valence-electron chi connectivity index (χ3n) is 4.13. The topological polar surface area (TPSA) is 55.8 Å². The first-order chi connectivity index (χ1) is 8.11. The maximum atomic E-state index is 11.0. The zero-order chi connectivity index (χ0) is 12.4. The van der Waals surface area contributed by atoms with Crippen LogP contribution in [0.25, 0.3) is 0 Å².